The molecule has 1 aliphatic heterocycles. The Morgan fingerprint density at radius 2 is 2.23 bits per heavy atom. The van der Waals surface area contributed by atoms with E-state index in [-0.39, 0.29) is 0 Å². The lowest BCUT2D eigenvalue weighted by Gasteiger charge is -2.28. The van der Waals surface area contributed by atoms with Crippen LogP contribution in [0.1, 0.15) is 0 Å². The molecule has 0 bridgehead atoms. The van der Waals surface area contributed by atoms with E-state index in [4.69, 9.17) is 4.74 Å². The summed E-state index contributed by atoms with van der Waals surface area (Å²) in [5.41, 5.74) is 0.801. The fraction of sp³-hybridized carbons (Fsp3) is 0.429. The van der Waals surface area contributed by atoms with Gasteiger partial charge in [-0.15, -0.1) is 12.6 Å². The van der Waals surface area contributed by atoms with Gasteiger partial charge in [-0.05, 0) is 18.2 Å². The number of nitrogens with zero attached hydrogens (tertiary/aromatic N) is 3. The van der Waals surface area contributed by atoms with Crippen LogP contribution in [0.2, 0.25) is 0 Å². The average Bonchev–Trinajstić information content (AvgIpc) is 2.90. The molecule has 1 aromatic carbocycles. The van der Waals surface area contributed by atoms with E-state index in [1.165, 1.54) is 16.2 Å². The van der Waals surface area contributed by atoms with Gasteiger partial charge in [0.1, 0.15) is 0 Å². The molecule has 118 valence electrons. The summed E-state index contributed by atoms with van der Waals surface area (Å²) < 4.78 is 6.25. The zero-order chi connectivity index (χ0) is 15.5. The highest BCUT2D eigenvalue weighted by atomic mass is 32.1. The lowest BCUT2D eigenvalue weighted by atomic mass is 10.3. The predicted octanol–water partition coefficient (Wildman–Crippen LogP) is 2.40. The van der Waals surface area contributed by atoms with Crippen LogP contribution in [-0.2, 0) is 4.74 Å². The van der Waals surface area contributed by atoms with Crippen LogP contribution < -0.4 is 4.90 Å². The molecular formula is C14H17N3O3S2. The fourth-order valence-corrected chi connectivity index (χ4v) is 3.67. The van der Waals surface area contributed by atoms with Crippen LogP contribution in [0.5, 0.6) is 0 Å². The number of hydrogen-bond donors (Lipinski definition) is 2. The Bertz CT molecular complexity index is 670. The molecule has 0 saturated carbocycles. The Morgan fingerprint density at radius 3 is 2.95 bits per heavy atom. The maximum atomic E-state index is 11.6. The van der Waals surface area contributed by atoms with Crippen LogP contribution in [0.4, 0.5) is 9.93 Å². The van der Waals surface area contributed by atoms with E-state index >= 15 is 0 Å². The summed E-state index contributed by atoms with van der Waals surface area (Å²) in [5, 5.41) is 9.98. The Hall–Kier alpha value is -1.35. The first-order chi connectivity index (χ1) is 10.6. The van der Waals surface area contributed by atoms with Gasteiger partial charge in [-0.3, -0.25) is 9.80 Å². The predicted molar refractivity (Wildman–Crippen MR) is 89.5 cm³/mol. The van der Waals surface area contributed by atoms with E-state index in [2.05, 4.69) is 22.5 Å². The second-order valence-electron chi connectivity index (χ2n) is 5.04. The minimum absolute atomic E-state index is 0.406. The fourth-order valence-electron chi connectivity index (χ4n) is 2.36. The molecule has 0 radical (unpaired) electrons. The summed E-state index contributed by atoms with van der Waals surface area (Å²) in [7, 11) is 0. The molecule has 1 aromatic heterocycles. The molecule has 6 nitrogen and oxygen atoms in total. The number of thiol groups is 1. The van der Waals surface area contributed by atoms with Crippen LogP contribution in [0.15, 0.2) is 23.1 Å². The molecule has 1 fully saturated rings. The first-order valence-corrected chi connectivity index (χ1v) is 8.30. The monoisotopic (exact) mass is 339 g/mol. The molecule has 0 spiro atoms. The normalized spacial score (nSPS) is 16.0. The van der Waals surface area contributed by atoms with Gasteiger partial charge in [-0.25, -0.2) is 9.78 Å². The van der Waals surface area contributed by atoms with E-state index in [0.717, 1.165) is 28.2 Å². The summed E-state index contributed by atoms with van der Waals surface area (Å²) in [6.07, 6.45) is -0.974. The van der Waals surface area contributed by atoms with Crippen molar-refractivity contribution in [2.75, 3.05) is 44.3 Å². The summed E-state index contributed by atoms with van der Waals surface area (Å²) in [6.45, 7) is 4.19. The number of carbonyl (C=O) groups is 1. The maximum absolute atomic E-state index is 11.6. The lowest BCUT2D eigenvalue weighted by molar-refractivity contribution is 0.0392. The van der Waals surface area contributed by atoms with E-state index in [9.17, 15) is 9.90 Å². The van der Waals surface area contributed by atoms with Crippen molar-refractivity contribution in [2.24, 2.45) is 0 Å². The zero-order valence-corrected chi connectivity index (χ0v) is 13.6. The van der Waals surface area contributed by atoms with Crippen molar-refractivity contribution < 1.29 is 14.6 Å². The first-order valence-electron chi connectivity index (χ1n) is 7.03. The molecule has 2 heterocycles. The van der Waals surface area contributed by atoms with Crippen molar-refractivity contribution >= 4 is 45.4 Å². The third kappa shape index (κ3) is 3.52. The summed E-state index contributed by atoms with van der Waals surface area (Å²) >= 11 is 5.68. The van der Waals surface area contributed by atoms with Crippen LogP contribution >= 0.6 is 24.0 Å². The average molecular weight is 339 g/mol. The Kier molecular flexibility index (Phi) is 4.82. The van der Waals surface area contributed by atoms with Gasteiger partial charge in [0.05, 0.1) is 23.4 Å². The van der Waals surface area contributed by atoms with Gasteiger partial charge >= 0.3 is 6.09 Å². The topological polar surface area (TPSA) is 65.9 Å². The summed E-state index contributed by atoms with van der Waals surface area (Å²) in [4.78, 5) is 20.3. The van der Waals surface area contributed by atoms with Crippen molar-refractivity contribution in [2.45, 2.75) is 4.90 Å². The molecule has 3 rings (SSSR count). The lowest BCUT2D eigenvalue weighted by Crippen LogP contribution is -2.42. The van der Waals surface area contributed by atoms with Crippen molar-refractivity contribution in [3.63, 3.8) is 0 Å². The third-order valence-electron chi connectivity index (χ3n) is 3.57. The van der Waals surface area contributed by atoms with Crippen LogP contribution in [0, 0.1) is 0 Å². The van der Waals surface area contributed by atoms with E-state index in [0.29, 0.717) is 31.4 Å². The van der Waals surface area contributed by atoms with Crippen LogP contribution in [0.3, 0.4) is 0 Å². The molecule has 0 atom stereocenters. The quantitative estimate of drug-likeness (QED) is 0.838. The van der Waals surface area contributed by atoms with Crippen molar-refractivity contribution in [1.29, 1.82) is 0 Å². The molecule has 8 heteroatoms. The van der Waals surface area contributed by atoms with Crippen LogP contribution in [-0.4, -0.2) is 60.5 Å². The largest absolute Gasteiger partial charge is 0.465 e. The number of thiazole rings is 1. The number of amides is 1. The van der Waals surface area contributed by atoms with Crippen LogP contribution in [0.25, 0.3) is 10.2 Å². The zero-order valence-electron chi connectivity index (χ0n) is 11.9. The SMILES string of the molecule is O=C(O)N(CCN1CCOCC1)c1nc2ccc(S)cc2s1. The number of fused-ring (bicyclic) bond motifs is 1. The number of anilines is 1. The molecule has 1 N–H and O–H groups in total. The highest BCUT2D eigenvalue weighted by Gasteiger charge is 2.20. The van der Waals surface area contributed by atoms with Gasteiger partial charge in [0.2, 0.25) is 0 Å². The molecule has 22 heavy (non-hydrogen) atoms. The minimum atomic E-state index is -0.974. The van der Waals surface area contributed by atoms with Gasteiger partial charge < -0.3 is 9.84 Å². The van der Waals surface area contributed by atoms with E-state index in [1.54, 1.807) is 0 Å². The number of rotatable bonds is 4. The number of morpholine rings is 1. The molecule has 1 amide bonds. The minimum Gasteiger partial charge on any atom is -0.465 e. The highest BCUT2D eigenvalue weighted by molar-refractivity contribution is 7.80. The summed E-state index contributed by atoms with van der Waals surface area (Å²) in [5.74, 6) is 0. The van der Waals surface area contributed by atoms with Crippen molar-refractivity contribution in [3.05, 3.63) is 18.2 Å². The number of carboxylic acid groups (broad SMARTS) is 1. The smallest absolute Gasteiger partial charge is 0.413 e. The summed E-state index contributed by atoms with van der Waals surface area (Å²) in [6, 6.07) is 5.62. The van der Waals surface area contributed by atoms with Gasteiger partial charge in [0.25, 0.3) is 0 Å². The Morgan fingerprint density at radius 1 is 1.45 bits per heavy atom. The second kappa shape index (κ2) is 6.82. The first kappa shape index (κ1) is 15.5. The highest BCUT2D eigenvalue weighted by Crippen LogP contribution is 2.30. The molecular weight excluding hydrogens is 322 g/mol. The standard InChI is InChI=1S/C14H17N3O3S2/c18-14(19)17(4-3-16-5-7-20-8-6-16)13-15-11-2-1-10(21)9-12(11)22-13/h1-2,9,21H,3-8H2,(H,18,19). The van der Waals surface area contributed by atoms with Crippen molar-refractivity contribution in [3.8, 4) is 0 Å². The number of hydrogen-bond acceptors (Lipinski definition) is 6. The number of benzene rings is 1. The molecule has 2 aromatic rings. The molecule has 0 aliphatic carbocycles. The van der Waals surface area contributed by atoms with Gasteiger partial charge in [0.15, 0.2) is 5.13 Å². The molecule has 0 unspecified atom stereocenters. The van der Waals surface area contributed by atoms with Crippen molar-refractivity contribution in [1.82, 2.24) is 9.88 Å². The van der Waals surface area contributed by atoms with Gasteiger partial charge in [0, 0.05) is 31.1 Å². The molecule has 1 aliphatic rings. The third-order valence-corrected chi connectivity index (χ3v) is 4.89. The number of ether oxygens (including phenoxy) is 1. The number of aromatic nitrogens is 1. The van der Waals surface area contributed by atoms with E-state index < -0.39 is 6.09 Å². The van der Waals surface area contributed by atoms with E-state index in [1.807, 2.05) is 18.2 Å². The Labute approximate surface area is 137 Å². The van der Waals surface area contributed by atoms with Gasteiger partial charge in [-0.2, -0.15) is 0 Å². The Balaban J connectivity index is 1.75. The second-order valence-corrected chi connectivity index (χ2v) is 6.56. The van der Waals surface area contributed by atoms with Gasteiger partial charge in [-0.1, -0.05) is 11.3 Å². The maximum Gasteiger partial charge on any atom is 0.413 e. The molecule has 1 saturated heterocycles.